The average Bonchev–Trinajstić information content (AvgIpc) is 2.56. The fourth-order valence-corrected chi connectivity index (χ4v) is 1.95. The summed E-state index contributed by atoms with van der Waals surface area (Å²) in [5, 5.41) is 10.9. The molecule has 6 nitrogen and oxygen atoms in total. The Morgan fingerprint density at radius 1 is 1.05 bits per heavy atom. The van der Waals surface area contributed by atoms with E-state index < -0.39 is 10.8 Å². The van der Waals surface area contributed by atoms with Crippen LogP contribution < -0.4 is 10.9 Å². The van der Waals surface area contributed by atoms with Crippen LogP contribution in [0.15, 0.2) is 60.7 Å². The first-order chi connectivity index (χ1) is 10.6. The van der Waals surface area contributed by atoms with Crippen LogP contribution in [0.5, 0.6) is 0 Å². The maximum absolute atomic E-state index is 12.1. The van der Waals surface area contributed by atoms with Gasteiger partial charge in [0.15, 0.2) is 0 Å². The first-order valence-corrected chi connectivity index (χ1v) is 6.65. The predicted molar refractivity (Wildman–Crippen MR) is 83.8 cm³/mol. The van der Waals surface area contributed by atoms with E-state index in [0.29, 0.717) is 5.70 Å². The highest BCUT2D eigenvalue weighted by Crippen LogP contribution is 2.17. The van der Waals surface area contributed by atoms with E-state index in [0.717, 1.165) is 5.56 Å². The molecule has 2 aromatic carbocycles. The number of amides is 1. The second-order valence-corrected chi connectivity index (χ2v) is 4.42. The van der Waals surface area contributed by atoms with Crippen molar-refractivity contribution >= 4 is 17.3 Å². The van der Waals surface area contributed by atoms with Gasteiger partial charge >= 0.3 is 0 Å². The smallest absolute Gasteiger partial charge is 0.282 e. The van der Waals surface area contributed by atoms with Gasteiger partial charge in [-0.1, -0.05) is 48.5 Å². The minimum absolute atomic E-state index is 0.00325. The third-order valence-electron chi connectivity index (χ3n) is 3.03. The van der Waals surface area contributed by atoms with E-state index in [4.69, 9.17) is 0 Å². The van der Waals surface area contributed by atoms with Crippen LogP contribution >= 0.6 is 0 Å². The van der Waals surface area contributed by atoms with Crippen molar-refractivity contribution < 1.29 is 9.72 Å². The lowest BCUT2D eigenvalue weighted by Gasteiger charge is -2.12. The van der Waals surface area contributed by atoms with Crippen LogP contribution in [0.2, 0.25) is 0 Å². The van der Waals surface area contributed by atoms with Crippen molar-refractivity contribution in [3.05, 3.63) is 81.9 Å². The number of nitro groups is 1. The van der Waals surface area contributed by atoms with Crippen LogP contribution in [0.25, 0.3) is 5.70 Å². The van der Waals surface area contributed by atoms with Gasteiger partial charge in [0.25, 0.3) is 11.6 Å². The first kappa shape index (κ1) is 15.2. The van der Waals surface area contributed by atoms with Crippen molar-refractivity contribution in [3.8, 4) is 0 Å². The normalized spacial score (nSPS) is 10.9. The molecule has 6 heteroatoms. The van der Waals surface area contributed by atoms with Crippen LogP contribution in [0.4, 0.5) is 5.69 Å². The molecule has 0 unspecified atom stereocenters. The molecule has 0 radical (unpaired) electrons. The minimum atomic E-state index is -0.581. The summed E-state index contributed by atoms with van der Waals surface area (Å²) < 4.78 is 0. The molecule has 2 N–H and O–H groups in total. The molecule has 2 rings (SSSR count). The number of nitro benzene ring substituents is 1. The zero-order valence-electron chi connectivity index (χ0n) is 11.9. The first-order valence-electron chi connectivity index (χ1n) is 6.65. The summed E-state index contributed by atoms with van der Waals surface area (Å²) in [6.07, 6.45) is 1.80. The molecule has 0 aliphatic heterocycles. The lowest BCUT2D eigenvalue weighted by molar-refractivity contribution is -0.385. The minimum Gasteiger partial charge on any atom is -0.298 e. The Kier molecular flexibility index (Phi) is 4.87. The van der Waals surface area contributed by atoms with Gasteiger partial charge in [-0.3, -0.25) is 25.8 Å². The second-order valence-electron chi connectivity index (χ2n) is 4.42. The number of benzene rings is 2. The quantitative estimate of drug-likeness (QED) is 0.656. The zero-order chi connectivity index (χ0) is 15.9. The lowest BCUT2D eigenvalue weighted by atomic mass is 10.1. The molecule has 0 aliphatic carbocycles. The zero-order valence-corrected chi connectivity index (χ0v) is 11.9. The molecular weight excluding hydrogens is 282 g/mol. The highest BCUT2D eigenvalue weighted by atomic mass is 16.6. The van der Waals surface area contributed by atoms with Crippen molar-refractivity contribution in [1.82, 2.24) is 10.9 Å². The Balaban J connectivity index is 2.12. The van der Waals surface area contributed by atoms with Gasteiger partial charge in [0.1, 0.15) is 5.56 Å². The summed E-state index contributed by atoms with van der Waals surface area (Å²) >= 11 is 0. The second kappa shape index (κ2) is 7.03. The number of hydrogen-bond donors (Lipinski definition) is 2. The van der Waals surface area contributed by atoms with Crippen molar-refractivity contribution in [1.29, 1.82) is 0 Å². The van der Waals surface area contributed by atoms with Crippen molar-refractivity contribution in [2.24, 2.45) is 0 Å². The molecule has 0 bridgehead atoms. The van der Waals surface area contributed by atoms with Gasteiger partial charge in [-0.15, -0.1) is 0 Å². The standard InChI is InChI=1S/C16H15N3O3/c1-2-14(12-8-4-3-5-9-12)17-18-16(20)13-10-6-7-11-15(13)19(21)22/h2-11,17H,1H3,(H,18,20)/b14-2-. The molecule has 0 fully saturated rings. The third kappa shape index (κ3) is 3.49. The third-order valence-corrected chi connectivity index (χ3v) is 3.03. The number of hydrazine groups is 1. The number of nitrogens with zero attached hydrogens (tertiary/aromatic N) is 1. The number of nitrogens with one attached hydrogen (secondary N) is 2. The molecule has 0 aliphatic rings. The molecule has 2 aromatic rings. The Labute approximate surface area is 127 Å². The van der Waals surface area contributed by atoms with Gasteiger partial charge in [0.05, 0.1) is 10.6 Å². The molecule has 1 amide bonds. The molecule has 112 valence electrons. The van der Waals surface area contributed by atoms with E-state index in [1.807, 2.05) is 37.3 Å². The SMILES string of the molecule is C/C=C(\NNC(=O)c1ccccc1[N+](=O)[O-])c1ccccc1. The molecule has 0 saturated carbocycles. The van der Waals surface area contributed by atoms with Gasteiger partial charge in [-0.05, 0) is 18.6 Å². The number of carbonyl (C=O) groups excluding carboxylic acids is 1. The van der Waals surface area contributed by atoms with Crippen LogP contribution in [0, 0.1) is 10.1 Å². The summed E-state index contributed by atoms with van der Waals surface area (Å²) in [6.45, 7) is 1.83. The van der Waals surface area contributed by atoms with Crippen molar-refractivity contribution in [3.63, 3.8) is 0 Å². The monoisotopic (exact) mass is 297 g/mol. The number of carbonyl (C=O) groups is 1. The van der Waals surface area contributed by atoms with Crippen molar-refractivity contribution in [2.75, 3.05) is 0 Å². The molecule has 0 atom stereocenters. The van der Waals surface area contributed by atoms with E-state index in [-0.39, 0.29) is 11.3 Å². The molecular formula is C16H15N3O3. The molecule has 0 saturated heterocycles. The van der Waals surface area contributed by atoms with Gasteiger partial charge in [-0.2, -0.15) is 0 Å². The van der Waals surface area contributed by atoms with E-state index in [2.05, 4.69) is 10.9 Å². The Morgan fingerprint density at radius 2 is 1.68 bits per heavy atom. The Hall–Kier alpha value is -3.15. The lowest BCUT2D eigenvalue weighted by Crippen LogP contribution is -2.36. The molecule has 0 heterocycles. The maximum atomic E-state index is 12.1. The molecule has 0 spiro atoms. The van der Waals surface area contributed by atoms with E-state index >= 15 is 0 Å². The number of rotatable bonds is 5. The van der Waals surface area contributed by atoms with Crippen LogP contribution in [-0.2, 0) is 0 Å². The van der Waals surface area contributed by atoms with E-state index in [9.17, 15) is 14.9 Å². The van der Waals surface area contributed by atoms with Crippen LogP contribution in [0.3, 0.4) is 0 Å². The van der Waals surface area contributed by atoms with Gasteiger partial charge in [-0.25, -0.2) is 0 Å². The summed E-state index contributed by atoms with van der Waals surface area (Å²) in [4.78, 5) is 22.5. The van der Waals surface area contributed by atoms with Gasteiger partial charge in [0, 0.05) is 6.07 Å². The van der Waals surface area contributed by atoms with Crippen molar-refractivity contribution in [2.45, 2.75) is 6.92 Å². The maximum Gasteiger partial charge on any atom is 0.282 e. The topological polar surface area (TPSA) is 84.3 Å². The van der Waals surface area contributed by atoms with Gasteiger partial charge in [0.2, 0.25) is 0 Å². The highest BCUT2D eigenvalue weighted by Gasteiger charge is 2.19. The number of para-hydroxylation sites is 1. The Bertz CT molecular complexity index is 712. The fraction of sp³-hybridized carbons (Fsp3) is 0.0625. The van der Waals surface area contributed by atoms with Crippen LogP contribution in [0.1, 0.15) is 22.8 Å². The predicted octanol–water partition coefficient (Wildman–Crippen LogP) is 2.89. The largest absolute Gasteiger partial charge is 0.298 e. The molecule has 0 aromatic heterocycles. The average molecular weight is 297 g/mol. The summed E-state index contributed by atoms with van der Waals surface area (Å²) in [5.74, 6) is -0.567. The summed E-state index contributed by atoms with van der Waals surface area (Å²) in [6, 6.07) is 15.2. The number of hydrogen-bond acceptors (Lipinski definition) is 4. The Morgan fingerprint density at radius 3 is 2.32 bits per heavy atom. The highest BCUT2D eigenvalue weighted by molar-refractivity contribution is 5.98. The summed E-state index contributed by atoms with van der Waals surface area (Å²) in [5.41, 5.74) is 6.64. The fourth-order valence-electron chi connectivity index (χ4n) is 1.95. The van der Waals surface area contributed by atoms with E-state index in [1.54, 1.807) is 12.1 Å². The van der Waals surface area contributed by atoms with E-state index in [1.165, 1.54) is 18.2 Å². The van der Waals surface area contributed by atoms with Gasteiger partial charge < -0.3 is 0 Å². The summed E-state index contributed by atoms with van der Waals surface area (Å²) in [7, 11) is 0. The van der Waals surface area contributed by atoms with Crippen LogP contribution in [-0.4, -0.2) is 10.8 Å². The number of allylic oxidation sites excluding steroid dienone is 1. The molecule has 22 heavy (non-hydrogen) atoms.